The largest absolute Gasteiger partial charge is 0.482 e. The number of aliphatic carboxylic acids is 1. The van der Waals surface area contributed by atoms with Crippen LogP contribution in [0.5, 0.6) is 5.75 Å². The number of carboxylic acid groups (broad SMARTS) is 1. The minimum atomic E-state index is -4.38. The molecule has 6 nitrogen and oxygen atoms in total. The van der Waals surface area contributed by atoms with Crippen molar-refractivity contribution < 1.29 is 27.8 Å². The van der Waals surface area contributed by atoms with Gasteiger partial charge in [-0.25, -0.2) is 9.78 Å². The lowest BCUT2D eigenvalue weighted by Gasteiger charge is -2.42. The van der Waals surface area contributed by atoms with Crippen LogP contribution in [0.15, 0.2) is 36.4 Å². The number of fused-ring (bicyclic) bond motifs is 1. The van der Waals surface area contributed by atoms with E-state index >= 15 is 0 Å². The Kier molecular flexibility index (Phi) is 7.75. The van der Waals surface area contributed by atoms with Gasteiger partial charge in [0.25, 0.3) is 0 Å². The number of aryl methyl sites for hydroxylation is 1. The molecule has 10 heteroatoms. The molecule has 0 unspecified atom stereocenters. The Morgan fingerprint density at radius 3 is 2.69 bits per heavy atom. The monoisotopic (exact) mass is 521 g/mol. The highest BCUT2D eigenvalue weighted by Gasteiger charge is 2.32. The quantitative estimate of drug-likeness (QED) is 0.403. The van der Waals surface area contributed by atoms with Crippen molar-refractivity contribution in [3.8, 4) is 5.75 Å². The standard InChI is InChI=1S/C26H30F3N3O3S/c1-16(2)8-20-14-31(13-18-9-17(3)10-21(11-18)35-15-24(33)34)6-7-32(20)25-30-22-5-4-19(26(27,28)29)12-23(22)36-25/h4-5,9-12,16,20H,6-8,13-15H2,1-3H3,(H,33,34)/t20-/m1/s1. The molecular weight excluding hydrogens is 491 g/mol. The van der Waals surface area contributed by atoms with E-state index in [-0.39, 0.29) is 12.6 Å². The summed E-state index contributed by atoms with van der Waals surface area (Å²) in [7, 11) is 0. The third-order valence-electron chi connectivity index (χ3n) is 6.14. The van der Waals surface area contributed by atoms with Crippen LogP contribution in [0.25, 0.3) is 10.2 Å². The number of rotatable bonds is 8. The molecule has 1 atom stereocenters. The highest BCUT2D eigenvalue weighted by atomic mass is 32.1. The highest BCUT2D eigenvalue weighted by molar-refractivity contribution is 7.22. The van der Waals surface area contributed by atoms with Crippen molar-refractivity contribution in [3.63, 3.8) is 0 Å². The van der Waals surface area contributed by atoms with Crippen molar-refractivity contribution in [2.45, 2.75) is 46.0 Å². The summed E-state index contributed by atoms with van der Waals surface area (Å²) < 4.78 is 45.4. The Hall–Kier alpha value is -2.85. The SMILES string of the molecule is Cc1cc(CN2CCN(c3nc4ccc(C(F)(F)F)cc4s3)[C@H](CC(C)C)C2)cc(OCC(=O)O)c1. The van der Waals surface area contributed by atoms with E-state index < -0.39 is 17.7 Å². The molecule has 36 heavy (non-hydrogen) atoms. The summed E-state index contributed by atoms with van der Waals surface area (Å²) in [5, 5.41) is 9.66. The molecule has 1 saturated heterocycles. The van der Waals surface area contributed by atoms with Crippen molar-refractivity contribution in [2.24, 2.45) is 5.92 Å². The van der Waals surface area contributed by atoms with Crippen LogP contribution in [-0.4, -0.2) is 53.2 Å². The minimum absolute atomic E-state index is 0.175. The number of aromatic nitrogens is 1. The van der Waals surface area contributed by atoms with Crippen LogP contribution in [0, 0.1) is 12.8 Å². The van der Waals surface area contributed by atoms with E-state index in [1.807, 2.05) is 19.1 Å². The predicted octanol–water partition coefficient (Wildman–Crippen LogP) is 5.82. The molecule has 0 bridgehead atoms. The van der Waals surface area contributed by atoms with Crippen LogP contribution in [0.2, 0.25) is 0 Å². The molecular formula is C26H30F3N3O3S. The number of hydrogen-bond donors (Lipinski definition) is 1. The fraction of sp³-hybridized carbons (Fsp3) is 0.462. The molecule has 2 heterocycles. The lowest BCUT2D eigenvalue weighted by Crippen LogP contribution is -2.53. The Bertz CT molecular complexity index is 1230. The average Bonchev–Trinajstić information content (AvgIpc) is 3.19. The second kappa shape index (κ2) is 10.6. The van der Waals surface area contributed by atoms with Crippen molar-refractivity contribution in [1.82, 2.24) is 9.88 Å². The molecule has 194 valence electrons. The van der Waals surface area contributed by atoms with Gasteiger partial charge in [0.2, 0.25) is 0 Å². The number of thiazole rings is 1. The van der Waals surface area contributed by atoms with Crippen LogP contribution in [0.4, 0.5) is 18.3 Å². The fourth-order valence-corrected chi connectivity index (χ4v) is 5.78. The van der Waals surface area contributed by atoms with Crippen LogP contribution < -0.4 is 9.64 Å². The Morgan fingerprint density at radius 1 is 1.22 bits per heavy atom. The molecule has 1 aliphatic rings. The maximum absolute atomic E-state index is 13.2. The molecule has 1 N–H and O–H groups in total. The van der Waals surface area contributed by atoms with Crippen molar-refractivity contribution in [3.05, 3.63) is 53.1 Å². The summed E-state index contributed by atoms with van der Waals surface area (Å²) in [5.74, 6) is -0.0358. The fourth-order valence-electron chi connectivity index (χ4n) is 4.68. The molecule has 3 aromatic rings. The minimum Gasteiger partial charge on any atom is -0.482 e. The summed E-state index contributed by atoms with van der Waals surface area (Å²) >= 11 is 1.31. The second-order valence-electron chi connectivity index (χ2n) is 9.73. The Balaban J connectivity index is 1.51. The number of carboxylic acids is 1. The lowest BCUT2D eigenvalue weighted by atomic mass is 10.00. The highest BCUT2D eigenvalue weighted by Crippen LogP contribution is 2.37. The number of anilines is 1. The molecule has 0 radical (unpaired) electrons. The second-order valence-corrected chi connectivity index (χ2v) is 10.7. The molecule has 0 aliphatic carbocycles. The number of nitrogens with zero attached hydrogens (tertiary/aromatic N) is 3. The zero-order valence-corrected chi connectivity index (χ0v) is 21.3. The average molecular weight is 522 g/mol. The molecule has 4 rings (SSSR count). The first-order chi connectivity index (χ1) is 17.0. The van der Waals surface area contributed by atoms with Gasteiger partial charge in [0, 0.05) is 32.2 Å². The van der Waals surface area contributed by atoms with Crippen LogP contribution in [-0.2, 0) is 17.5 Å². The molecule has 1 fully saturated rings. The van der Waals surface area contributed by atoms with Gasteiger partial charge < -0.3 is 14.7 Å². The normalized spacial score (nSPS) is 17.2. The van der Waals surface area contributed by atoms with Gasteiger partial charge in [-0.2, -0.15) is 13.2 Å². The van der Waals surface area contributed by atoms with Gasteiger partial charge in [-0.15, -0.1) is 0 Å². The maximum atomic E-state index is 13.2. The molecule has 0 spiro atoms. The van der Waals surface area contributed by atoms with Crippen molar-refractivity contribution >= 4 is 32.7 Å². The van der Waals surface area contributed by atoms with Crippen molar-refractivity contribution in [2.75, 3.05) is 31.1 Å². The van der Waals surface area contributed by atoms with Gasteiger partial charge in [0.1, 0.15) is 5.75 Å². The summed E-state index contributed by atoms with van der Waals surface area (Å²) in [6, 6.07) is 9.68. The van der Waals surface area contributed by atoms with Gasteiger partial charge in [-0.1, -0.05) is 31.3 Å². The van der Waals surface area contributed by atoms with Gasteiger partial charge in [-0.3, -0.25) is 4.90 Å². The summed E-state index contributed by atoms with van der Waals surface area (Å²) in [6.45, 7) is 8.88. The summed E-state index contributed by atoms with van der Waals surface area (Å²) in [6.07, 6.45) is -3.44. The smallest absolute Gasteiger partial charge is 0.416 e. The van der Waals surface area contributed by atoms with Crippen LogP contribution in [0.1, 0.15) is 37.0 Å². The molecule has 0 saturated carbocycles. The summed E-state index contributed by atoms with van der Waals surface area (Å²) in [4.78, 5) is 20.1. The van der Waals surface area contributed by atoms with E-state index in [0.717, 1.165) is 48.4 Å². The van der Waals surface area contributed by atoms with E-state index in [9.17, 15) is 18.0 Å². The molecule has 0 amide bonds. The van der Waals surface area contributed by atoms with Crippen LogP contribution in [0.3, 0.4) is 0 Å². The van der Waals surface area contributed by atoms with Crippen LogP contribution >= 0.6 is 11.3 Å². The number of alkyl halides is 3. The number of carbonyl (C=O) groups is 1. The summed E-state index contributed by atoms with van der Waals surface area (Å²) in [5.41, 5.74) is 1.98. The number of piperazine rings is 1. The molecule has 2 aromatic carbocycles. The first kappa shape index (κ1) is 26.2. The Labute approximate surface area is 212 Å². The maximum Gasteiger partial charge on any atom is 0.416 e. The molecule has 1 aliphatic heterocycles. The van der Waals surface area contributed by atoms with Gasteiger partial charge in [-0.05, 0) is 60.7 Å². The van der Waals surface area contributed by atoms with Gasteiger partial charge >= 0.3 is 12.1 Å². The lowest BCUT2D eigenvalue weighted by molar-refractivity contribution is -0.139. The first-order valence-electron chi connectivity index (χ1n) is 11.9. The zero-order valence-electron chi connectivity index (χ0n) is 20.5. The topological polar surface area (TPSA) is 65.9 Å². The predicted molar refractivity (Wildman–Crippen MR) is 135 cm³/mol. The number of benzene rings is 2. The van der Waals surface area contributed by atoms with Gasteiger partial charge in [0.05, 0.1) is 15.8 Å². The number of hydrogen-bond acceptors (Lipinski definition) is 6. The third-order valence-corrected chi connectivity index (χ3v) is 7.19. The first-order valence-corrected chi connectivity index (χ1v) is 12.7. The van der Waals surface area contributed by atoms with Gasteiger partial charge in [0.15, 0.2) is 11.7 Å². The number of ether oxygens (including phenoxy) is 1. The van der Waals surface area contributed by atoms with E-state index in [2.05, 4.69) is 34.7 Å². The van der Waals surface area contributed by atoms with E-state index in [0.29, 0.717) is 28.4 Å². The third kappa shape index (κ3) is 6.47. The Morgan fingerprint density at radius 2 is 2.00 bits per heavy atom. The van der Waals surface area contributed by atoms with Crippen molar-refractivity contribution in [1.29, 1.82) is 0 Å². The van der Waals surface area contributed by atoms with E-state index in [1.165, 1.54) is 23.5 Å². The van der Waals surface area contributed by atoms with E-state index in [4.69, 9.17) is 9.84 Å². The zero-order chi connectivity index (χ0) is 26.0. The number of halogens is 3. The molecule has 1 aromatic heterocycles. The van der Waals surface area contributed by atoms with E-state index in [1.54, 1.807) is 0 Å².